The molecule has 0 aromatic carbocycles. The zero-order chi connectivity index (χ0) is 14.8. The number of thiazole rings is 1. The second kappa shape index (κ2) is 5.92. The molecule has 0 spiro atoms. The molecule has 1 aliphatic rings. The lowest BCUT2D eigenvalue weighted by atomic mass is 10.3. The van der Waals surface area contributed by atoms with E-state index in [4.69, 9.17) is 5.26 Å². The predicted octanol–water partition coefficient (Wildman–Crippen LogP) is 3.27. The average Bonchev–Trinajstić information content (AvgIpc) is 3.17. The van der Waals surface area contributed by atoms with Crippen LogP contribution in [0.1, 0.15) is 22.5 Å². The van der Waals surface area contributed by atoms with E-state index >= 15 is 0 Å². The highest BCUT2D eigenvalue weighted by Crippen LogP contribution is 2.32. The van der Waals surface area contributed by atoms with Gasteiger partial charge in [0.2, 0.25) is 0 Å². The molecule has 2 aromatic heterocycles. The molecule has 3 heterocycles. The van der Waals surface area contributed by atoms with Crippen molar-refractivity contribution in [3.63, 3.8) is 0 Å². The van der Waals surface area contributed by atoms with Gasteiger partial charge in [-0.3, -0.25) is 4.79 Å². The number of hydrogen-bond donors (Lipinski definition) is 0. The molecule has 0 amide bonds. The van der Waals surface area contributed by atoms with Crippen LogP contribution in [0.4, 0.5) is 5.82 Å². The maximum absolute atomic E-state index is 11.3. The van der Waals surface area contributed by atoms with Crippen LogP contribution >= 0.6 is 27.3 Å². The first-order valence-electron chi connectivity index (χ1n) is 6.50. The summed E-state index contributed by atoms with van der Waals surface area (Å²) >= 11 is 4.77. The number of anilines is 1. The second-order valence-electron chi connectivity index (χ2n) is 4.69. The molecule has 5 nitrogen and oxygen atoms in total. The molecular weight excluding hydrogens is 352 g/mol. The lowest BCUT2D eigenvalue weighted by Gasteiger charge is -2.17. The standard InChI is InChI=1S/C14H11BrN4OS/c15-10-5-9(7-17-13(10)19-3-1-2-4-19)14-18-8-12(21-14)11(20)6-16/h5,7-8H,1-4H2. The Morgan fingerprint density at radius 2 is 2.10 bits per heavy atom. The molecule has 0 unspecified atom stereocenters. The highest BCUT2D eigenvalue weighted by atomic mass is 79.9. The fourth-order valence-electron chi connectivity index (χ4n) is 2.28. The van der Waals surface area contributed by atoms with E-state index < -0.39 is 5.78 Å². The van der Waals surface area contributed by atoms with E-state index in [1.165, 1.54) is 30.4 Å². The molecule has 0 saturated carbocycles. The second-order valence-corrected chi connectivity index (χ2v) is 6.58. The van der Waals surface area contributed by atoms with Crippen molar-refractivity contribution >= 4 is 38.9 Å². The van der Waals surface area contributed by atoms with Gasteiger partial charge in [-0.05, 0) is 34.8 Å². The Morgan fingerprint density at radius 3 is 2.76 bits per heavy atom. The van der Waals surface area contributed by atoms with Crippen molar-refractivity contribution in [2.75, 3.05) is 18.0 Å². The Kier molecular flexibility index (Phi) is 3.99. The topological polar surface area (TPSA) is 69.9 Å². The van der Waals surface area contributed by atoms with Gasteiger partial charge < -0.3 is 4.90 Å². The number of ketones is 1. The van der Waals surface area contributed by atoms with E-state index in [0.29, 0.717) is 9.88 Å². The first-order chi connectivity index (χ1) is 10.2. The summed E-state index contributed by atoms with van der Waals surface area (Å²) < 4.78 is 0.922. The molecule has 0 N–H and O–H groups in total. The number of carbonyl (C=O) groups is 1. The van der Waals surface area contributed by atoms with Gasteiger partial charge in [-0.15, -0.1) is 11.3 Å². The van der Waals surface area contributed by atoms with E-state index in [-0.39, 0.29) is 0 Å². The van der Waals surface area contributed by atoms with Crippen LogP contribution in [0.25, 0.3) is 10.6 Å². The molecule has 106 valence electrons. The van der Waals surface area contributed by atoms with Crippen LogP contribution in [-0.2, 0) is 0 Å². The highest BCUT2D eigenvalue weighted by Gasteiger charge is 2.18. The van der Waals surface area contributed by atoms with Crippen LogP contribution in [0, 0.1) is 11.3 Å². The van der Waals surface area contributed by atoms with E-state index in [0.717, 1.165) is 28.9 Å². The van der Waals surface area contributed by atoms with E-state index in [9.17, 15) is 4.79 Å². The molecule has 2 aromatic rings. The molecule has 0 aliphatic carbocycles. The van der Waals surface area contributed by atoms with Crippen molar-refractivity contribution in [3.8, 4) is 16.6 Å². The van der Waals surface area contributed by atoms with E-state index in [1.54, 1.807) is 12.3 Å². The summed E-state index contributed by atoms with van der Waals surface area (Å²) in [5.74, 6) is 0.389. The summed E-state index contributed by atoms with van der Waals surface area (Å²) in [4.78, 5) is 22.6. The average molecular weight is 363 g/mol. The summed E-state index contributed by atoms with van der Waals surface area (Å²) in [6.45, 7) is 2.06. The third-order valence-electron chi connectivity index (χ3n) is 3.31. The van der Waals surface area contributed by atoms with Gasteiger partial charge in [0.25, 0.3) is 5.78 Å². The summed E-state index contributed by atoms with van der Waals surface area (Å²) in [6, 6.07) is 3.56. The van der Waals surface area contributed by atoms with Crippen LogP contribution < -0.4 is 4.90 Å². The van der Waals surface area contributed by atoms with E-state index in [2.05, 4.69) is 30.8 Å². The first-order valence-corrected chi connectivity index (χ1v) is 8.11. The molecule has 0 atom stereocenters. The Labute approximate surface area is 134 Å². The van der Waals surface area contributed by atoms with Crippen molar-refractivity contribution < 1.29 is 4.79 Å². The van der Waals surface area contributed by atoms with Crippen LogP contribution in [0.2, 0.25) is 0 Å². The van der Waals surface area contributed by atoms with Gasteiger partial charge in [-0.25, -0.2) is 9.97 Å². The number of nitrogens with zero attached hydrogens (tertiary/aromatic N) is 4. The molecule has 0 bridgehead atoms. The fourth-order valence-corrected chi connectivity index (χ4v) is 3.66. The quantitative estimate of drug-likeness (QED) is 0.618. The van der Waals surface area contributed by atoms with Crippen molar-refractivity contribution in [2.45, 2.75) is 12.8 Å². The normalized spacial score (nSPS) is 14.2. The number of rotatable bonds is 3. The zero-order valence-electron chi connectivity index (χ0n) is 11.0. The molecular formula is C14H11BrN4OS. The van der Waals surface area contributed by atoms with Crippen molar-refractivity contribution in [1.29, 1.82) is 5.26 Å². The maximum Gasteiger partial charge on any atom is 0.273 e. The van der Waals surface area contributed by atoms with Gasteiger partial charge in [0.1, 0.15) is 21.8 Å². The minimum atomic E-state index is -0.556. The van der Waals surface area contributed by atoms with Crippen LogP contribution in [0.15, 0.2) is 22.9 Å². The number of pyridine rings is 1. The molecule has 3 rings (SSSR count). The van der Waals surface area contributed by atoms with Crippen LogP contribution in [0.3, 0.4) is 0 Å². The lowest BCUT2D eigenvalue weighted by molar-refractivity contribution is 0.105. The van der Waals surface area contributed by atoms with Gasteiger partial charge in [0.05, 0.1) is 10.7 Å². The molecule has 1 saturated heterocycles. The van der Waals surface area contributed by atoms with Crippen molar-refractivity contribution in [3.05, 3.63) is 27.8 Å². The Hall–Kier alpha value is -1.78. The third kappa shape index (κ3) is 2.82. The maximum atomic E-state index is 11.3. The Bertz CT molecular complexity index is 731. The van der Waals surface area contributed by atoms with Gasteiger partial charge in [0.15, 0.2) is 0 Å². The molecule has 0 radical (unpaired) electrons. The molecule has 1 fully saturated rings. The number of carbonyl (C=O) groups excluding carboxylic acids is 1. The third-order valence-corrected chi connectivity index (χ3v) is 4.93. The fraction of sp³-hybridized carbons (Fsp3) is 0.286. The van der Waals surface area contributed by atoms with Gasteiger partial charge in [-0.2, -0.15) is 5.26 Å². The zero-order valence-corrected chi connectivity index (χ0v) is 13.4. The largest absolute Gasteiger partial charge is 0.356 e. The molecule has 7 heteroatoms. The Morgan fingerprint density at radius 1 is 1.33 bits per heavy atom. The smallest absolute Gasteiger partial charge is 0.273 e. The SMILES string of the molecule is N#CC(=O)c1cnc(-c2cnc(N3CCCC3)c(Br)c2)s1. The molecule has 21 heavy (non-hydrogen) atoms. The number of aromatic nitrogens is 2. The van der Waals surface area contributed by atoms with Gasteiger partial charge in [0, 0.05) is 24.8 Å². The minimum Gasteiger partial charge on any atom is -0.356 e. The summed E-state index contributed by atoms with van der Waals surface area (Å²) in [6.07, 6.45) is 5.59. The van der Waals surface area contributed by atoms with Crippen LogP contribution in [0.5, 0.6) is 0 Å². The van der Waals surface area contributed by atoms with Gasteiger partial charge >= 0.3 is 0 Å². The van der Waals surface area contributed by atoms with E-state index in [1.807, 2.05) is 6.07 Å². The summed E-state index contributed by atoms with van der Waals surface area (Å²) in [5.41, 5.74) is 0.840. The number of halogens is 1. The number of Topliss-reactive ketones (excluding diaryl/α,β-unsaturated/α-hetero) is 1. The summed E-state index contributed by atoms with van der Waals surface area (Å²) in [7, 11) is 0. The minimum absolute atomic E-state index is 0.354. The summed E-state index contributed by atoms with van der Waals surface area (Å²) in [5, 5.41) is 9.31. The monoisotopic (exact) mass is 362 g/mol. The number of hydrogen-bond acceptors (Lipinski definition) is 6. The Balaban J connectivity index is 1.89. The first kappa shape index (κ1) is 14.2. The lowest BCUT2D eigenvalue weighted by Crippen LogP contribution is -2.19. The van der Waals surface area contributed by atoms with Crippen molar-refractivity contribution in [2.24, 2.45) is 0 Å². The molecule has 1 aliphatic heterocycles. The van der Waals surface area contributed by atoms with Gasteiger partial charge in [-0.1, -0.05) is 0 Å². The highest BCUT2D eigenvalue weighted by molar-refractivity contribution is 9.10. The van der Waals surface area contributed by atoms with Crippen LogP contribution in [-0.4, -0.2) is 28.8 Å². The number of nitriles is 1. The predicted molar refractivity (Wildman–Crippen MR) is 84.4 cm³/mol. The van der Waals surface area contributed by atoms with Crippen molar-refractivity contribution in [1.82, 2.24) is 9.97 Å².